The molecule has 0 bridgehead atoms. The van der Waals surface area contributed by atoms with Gasteiger partial charge in [0.2, 0.25) is 0 Å². The van der Waals surface area contributed by atoms with E-state index in [0.717, 1.165) is 38.2 Å². The fraction of sp³-hybridized carbons (Fsp3) is 0.538. The molecular formula is C13H19NO2. The maximum Gasteiger partial charge on any atom is 0.119 e. The first-order chi connectivity index (χ1) is 7.84. The summed E-state index contributed by atoms with van der Waals surface area (Å²) in [6.07, 6.45) is 1.88. The Balaban J connectivity index is 1.68. The molecule has 0 saturated carbocycles. The van der Waals surface area contributed by atoms with Crippen molar-refractivity contribution in [1.82, 2.24) is 4.90 Å². The van der Waals surface area contributed by atoms with Gasteiger partial charge in [-0.15, -0.1) is 0 Å². The zero-order valence-corrected chi connectivity index (χ0v) is 9.51. The number of para-hydroxylation sites is 1. The number of hydrogen-bond acceptors (Lipinski definition) is 3. The van der Waals surface area contributed by atoms with Gasteiger partial charge in [-0.05, 0) is 31.5 Å². The number of rotatable bonds is 4. The third kappa shape index (κ3) is 3.51. The molecular weight excluding hydrogens is 202 g/mol. The zero-order valence-electron chi connectivity index (χ0n) is 9.51. The Hall–Kier alpha value is -1.06. The normalized spacial score (nSPS) is 21.9. The van der Waals surface area contributed by atoms with Crippen molar-refractivity contribution in [1.29, 1.82) is 0 Å². The maximum absolute atomic E-state index is 9.51. The van der Waals surface area contributed by atoms with Crippen molar-refractivity contribution in [3.8, 4) is 5.75 Å². The molecule has 88 valence electrons. The van der Waals surface area contributed by atoms with Crippen LogP contribution in [0.4, 0.5) is 0 Å². The lowest BCUT2D eigenvalue weighted by atomic mass is 10.1. The van der Waals surface area contributed by atoms with Crippen molar-refractivity contribution in [2.75, 3.05) is 26.2 Å². The fourth-order valence-electron chi connectivity index (χ4n) is 2.04. The molecule has 16 heavy (non-hydrogen) atoms. The molecule has 0 aromatic heterocycles. The van der Waals surface area contributed by atoms with Crippen molar-refractivity contribution >= 4 is 0 Å². The van der Waals surface area contributed by atoms with Gasteiger partial charge in [-0.1, -0.05) is 18.2 Å². The van der Waals surface area contributed by atoms with Gasteiger partial charge >= 0.3 is 0 Å². The highest BCUT2D eigenvalue weighted by atomic mass is 16.5. The lowest BCUT2D eigenvalue weighted by Crippen LogP contribution is -2.40. The molecule has 3 nitrogen and oxygen atoms in total. The molecule has 0 unspecified atom stereocenters. The largest absolute Gasteiger partial charge is 0.492 e. The topological polar surface area (TPSA) is 32.7 Å². The molecule has 3 heteroatoms. The summed E-state index contributed by atoms with van der Waals surface area (Å²) in [4.78, 5) is 2.26. The van der Waals surface area contributed by atoms with Crippen molar-refractivity contribution < 1.29 is 9.84 Å². The predicted octanol–water partition coefficient (Wildman–Crippen LogP) is 1.52. The first kappa shape index (κ1) is 11.4. The minimum Gasteiger partial charge on any atom is -0.492 e. The molecule has 1 heterocycles. The molecule has 2 rings (SSSR count). The van der Waals surface area contributed by atoms with Crippen LogP contribution in [0.15, 0.2) is 30.3 Å². The Morgan fingerprint density at radius 3 is 2.88 bits per heavy atom. The number of nitrogens with zero attached hydrogens (tertiary/aromatic N) is 1. The molecule has 0 radical (unpaired) electrons. The molecule has 1 atom stereocenters. The van der Waals surface area contributed by atoms with E-state index >= 15 is 0 Å². The summed E-state index contributed by atoms with van der Waals surface area (Å²) in [5.74, 6) is 0.917. The number of aliphatic hydroxyl groups is 1. The summed E-state index contributed by atoms with van der Waals surface area (Å²) >= 11 is 0. The number of ether oxygens (including phenoxy) is 1. The Bertz CT molecular complexity index is 302. The van der Waals surface area contributed by atoms with E-state index in [1.165, 1.54) is 0 Å². The van der Waals surface area contributed by atoms with Gasteiger partial charge in [0, 0.05) is 13.1 Å². The molecule has 0 aliphatic carbocycles. The van der Waals surface area contributed by atoms with Crippen LogP contribution in [0.2, 0.25) is 0 Å². The Morgan fingerprint density at radius 1 is 1.31 bits per heavy atom. The van der Waals surface area contributed by atoms with Gasteiger partial charge in [0.25, 0.3) is 0 Å². The minimum absolute atomic E-state index is 0.148. The number of piperidine rings is 1. The standard InChI is InChI=1S/C13H19NO2/c15-12-5-4-8-14(11-12)9-10-16-13-6-2-1-3-7-13/h1-3,6-7,12,15H,4-5,8-11H2/t12-/m0/s1. The quantitative estimate of drug-likeness (QED) is 0.836. The van der Waals surface area contributed by atoms with Crippen molar-refractivity contribution in [3.05, 3.63) is 30.3 Å². The second kappa shape index (κ2) is 5.87. The highest BCUT2D eigenvalue weighted by molar-refractivity contribution is 5.20. The summed E-state index contributed by atoms with van der Waals surface area (Å²) in [7, 11) is 0. The lowest BCUT2D eigenvalue weighted by molar-refractivity contribution is 0.0633. The first-order valence-corrected chi connectivity index (χ1v) is 5.93. The van der Waals surface area contributed by atoms with E-state index in [1.807, 2.05) is 30.3 Å². The molecule has 1 saturated heterocycles. The highest BCUT2D eigenvalue weighted by Crippen LogP contribution is 2.11. The average molecular weight is 221 g/mol. The Kier molecular flexibility index (Phi) is 4.19. The Morgan fingerprint density at radius 2 is 2.12 bits per heavy atom. The van der Waals surface area contributed by atoms with E-state index in [-0.39, 0.29) is 6.10 Å². The summed E-state index contributed by atoms with van der Waals surface area (Å²) in [6, 6.07) is 9.85. The van der Waals surface area contributed by atoms with Crippen molar-refractivity contribution in [2.45, 2.75) is 18.9 Å². The monoisotopic (exact) mass is 221 g/mol. The molecule has 1 aromatic rings. The molecule has 1 aliphatic rings. The van der Waals surface area contributed by atoms with E-state index in [4.69, 9.17) is 4.74 Å². The maximum atomic E-state index is 9.51. The number of benzene rings is 1. The van der Waals surface area contributed by atoms with Crippen LogP contribution in [0.25, 0.3) is 0 Å². The third-order valence-corrected chi connectivity index (χ3v) is 2.90. The molecule has 1 fully saturated rings. The zero-order chi connectivity index (χ0) is 11.2. The third-order valence-electron chi connectivity index (χ3n) is 2.90. The minimum atomic E-state index is -0.148. The van der Waals surface area contributed by atoms with Gasteiger partial charge in [-0.2, -0.15) is 0 Å². The van der Waals surface area contributed by atoms with E-state index in [1.54, 1.807) is 0 Å². The molecule has 1 aromatic carbocycles. The second-order valence-electron chi connectivity index (χ2n) is 4.26. The SMILES string of the molecule is O[C@H]1CCCN(CCOc2ccccc2)C1. The summed E-state index contributed by atoms with van der Waals surface area (Å²) < 4.78 is 5.62. The van der Waals surface area contributed by atoms with E-state index < -0.39 is 0 Å². The van der Waals surface area contributed by atoms with Crippen LogP contribution >= 0.6 is 0 Å². The number of hydrogen-bond donors (Lipinski definition) is 1. The van der Waals surface area contributed by atoms with Crippen molar-refractivity contribution in [3.63, 3.8) is 0 Å². The average Bonchev–Trinajstić information content (AvgIpc) is 2.30. The van der Waals surface area contributed by atoms with Gasteiger partial charge in [0.05, 0.1) is 6.10 Å². The summed E-state index contributed by atoms with van der Waals surface area (Å²) in [5.41, 5.74) is 0. The van der Waals surface area contributed by atoms with Gasteiger partial charge in [-0.25, -0.2) is 0 Å². The number of aliphatic hydroxyl groups excluding tert-OH is 1. The lowest BCUT2D eigenvalue weighted by Gasteiger charge is -2.29. The molecule has 1 N–H and O–H groups in total. The summed E-state index contributed by atoms with van der Waals surface area (Å²) in [5, 5.41) is 9.51. The van der Waals surface area contributed by atoms with Crippen LogP contribution in [0.3, 0.4) is 0 Å². The number of likely N-dealkylation sites (tertiary alicyclic amines) is 1. The highest BCUT2D eigenvalue weighted by Gasteiger charge is 2.16. The van der Waals surface area contributed by atoms with Crippen LogP contribution in [0.1, 0.15) is 12.8 Å². The first-order valence-electron chi connectivity index (χ1n) is 5.93. The van der Waals surface area contributed by atoms with E-state index in [0.29, 0.717) is 6.61 Å². The van der Waals surface area contributed by atoms with Gasteiger partial charge in [0.15, 0.2) is 0 Å². The van der Waals surface area contributed by atoms with Crippen LogP contribution in [-0.2, 0) is 0 Å². The van der Waals surface area contributed by atoms with Crippen LogP contribution in [0.5, 0.6) is 5.75 Å². The fourth-order valence-corrected chi connectivity index (χ4v) is 2.04. The smallest absolute Gasteiger partial charge is 0.119 e. The van der Waals surface area contributed by atoms with E-state index in [2.05, 4.69) is 4.90 Å². The van der Waals surface area contributed by atoms with Gasteiger partial charge < -0.3 is 9.84 Å². The summed E-state index contributed by atoms with van der Waals surface area (Å²) in [6.45, 7) is 3.45. The predicted molar refractivity (Wildman–Crippen MR) is 63.6 cm³/mol. The van der Waals surface area contributed by atoms with Crippen molar-refractivity contribution in [2.24, 2.45) is 0 Å². The second-order valence-corrected chi connectivity index (χ2v) is 4.26. The number of β-amino-alcohol motifs (C(OH)–C–C–N with tert-alkyl or cyclic N) is 1. The molecule has 1 aliphatic heterocycles. The molecule has 0 spiro atoms. The van der Waals surface area contributed by atoms with E-state index in [9.17, 15) is 5.11 Å². The molecule has 0 amide bonds. The van der Waals surface area contributed by atoms with Crippen LogP contribution in [-0.4, -0.2) is 42.4 Å². The Labute approximate surface area is 96.6 Å². The van der Waals surface area contributed by atoms with Gasteiger partial charge in [-0.3, -0.25) is 4.90 Å². The van der Waals surface area contributed by atoms with Crippen LogP contribution < -0.4 is 4.74 Å². The van der Waals surface area contributed by atoms with Crippen LogP contribution in [0, 0.1) is 0 Å². The van der Waals surface area contributed by atoms with Gasteiger partial charge in [0.1, 0.15) is 12.4 Å².